The van der Waals surface area contributed by atoms with Crippen LogP contribution in [0, 0.1) is 13.8 Å². The van der Waals surface area contributed by atoms with Crippen LogP contribution in [0.4, 0.5) is 18.9 Å². The first-order valence-corrected chi connectivity index (χ1v) is 9.46. The van der Waals surface area contributed by atoms with Crippen LogP contribution in [0.3, 0.4) is 0 Å². The Morgan fingerprint density at radius 3 is 2.56 bits per heavy atom. The topological polar surface area (TPSA) is 76.1 Å². The van der Waals surface area contributed by atoms with Crippen molar-refractivity contribution in [2.45, 2.75) is 20.5 Å². The van der Waals surface area contributed by atoms with Crippen molar-refractivity contribution in [2.24, 2.45) is 0 Å². The van der Waals surface area contributed by atoms with Crippen molar-refractivity contribution in [2.75, 3.05) is 17.7 Å². The van der Waals surface area contributed by atoms with Crippen LogP contribution in [-0.2, 0) is 0 Å². The number of ether oxygens (including phenoxy) is 1. The molecular formula is C17H16F2N4O2S2. The van der Waals surface area contributed by atoms with Gasteiger partial charge in [0, 0.05) is 17.5 Å². The van der Waals surface area contributed by atoms with Crippen molar-refractivity contribution in [1.82, 2.24) is 9.36 Å². The van der Waals surface area contributed by atoms with Gasteiger partial charge in [-0.3, -0.25) is 10.1 Å². The Morgan fingerprint density at radius 2 is 1.93 bits per heavy atom. The number of aromatic nitrogens is 2. The second kappa shape index (κ2) is 7.97. The van der Waals surface area contributed by atoms with E-state index in [1.54, 1.807) is 26.1 Å². The van der Waals surface area contributed by atoms with E-state index in [2.05, 4.69) is 24.7 Å². The molecule has 0 bridgehead atoms. The minimum Gasteiger partial charge on any atom is -0.435 e. The Bertz CT molecular complexity index is 955. The van der Waals surface area contributed by atoms with Crippen LogP contribution in [0.2, 0.25) is 0 Å². The highest BCUT2D eigenvalue weighted by Gasteiger charge is 2.20. The van der Waals surface area contributed by atoms with Crippen LogP contribution in [0.5, 0.6) is 5.75 Å². The van der Waals surface area contributed by atoms with E-state index >= 15 is 0 Å². The number of hydrogen-bond acceptors (Lipinski definition) is 7. The minimum absolute atomic E-state index is 0.0789. The van der Waals surface area contributed by atoms with E-state index in [-0.39, 0.29) is 11.7 Å². The third-order valence-corrected chi connectivity index (χ3v) is 5.53. The van der Waals surface area contributed by atoms with Crippen LogP contribution in [-0.4, -0.2) is 28.9 Å². The molecule has 2 N–H and O–H groups in total. The highest BCUT2D eigenvalue weighted by Crippen LogP contribution is 2.32. The molecule has 3 rings (SSSR count). The molecule has 3 aromatic rings. The summed E-state index contributed by atoms with van der Waals surface area (Å²) in [4.78, 5) is 17.9. The Labute approximate surface area is 162 Å². The third kappa shape index (κ3) is 4.22. The molecule has 10 heteroatoms. The molecule has 0 saturated heterocycles. The molecule has 2 heterocycles. The molecule has 0 atom stereocenters. The lowest BCUT2D eigenvalue weighted by molar-refractivity contribution is -0.0498. The summed E-state index contributed by atoms with van der Waals surface area (Å²) in [5.41, 5.74) is 2.55. The number of hydrogen-bond donors (Lipinski definition) is 2. The number of aryl methyl sites for hydroxylation is 2. The van der Waals surface area contributed by atoms with Gasteiger partial charge in [-0.1, -0.05) is 0 Å². The van der Waals surface area contributed by atoms with Crippen LogP contribution in [0.25, 0.3) is 11.3 Å². The largest absolute Gasteiger partial charge is 0.435 e. The van der Waals surface area contributed by atoms with Gasteiger partial charge in [0.15, 0.2) is 5.13 Å². The summed E-state index contributed by atoms with van der Waals surface area (Å²) in [6.45, 7) is 0.785. The molecule has 27 heavy (non-hydrogen) atoms. The molecule has 2 aromatic heterocycles. The summed E-state index contributed by atoms with van der Waals surface area (Å²) in [5.74, 6) is -0.207. The number of amides is 1. The van der Waals surface area contributed by atoms with Crippen molar-refractivity contribution in [3.63, 3.8) is 0 Å². The molecule has 142 valence electrons. The monoisotopic (exact) mass is 410 g/mol. The van der Waals surface area contributed by atoms with Crippen LogP contribution in [0.1, 0.15) is 20.9 Å². The van der Waals surface area contributed by atoms with Crippen molar-refractivity contribution in [3.8, 4) is 17.0 Å². The lowest BCUT2D eigenvalue weighted by Crippen LogP contribution is -2.13. The van der Waals surface area contributed by atoms with Gasteiger partial charge in [0.2, 0.25) is 0 Å². The molecule has 0 saturated carbocycles. The summed E-state index contributed by atoms with van der Waals surface area (Å²) >= 11 is 2.56. The number of carbonyl (C=O) groups excluding carboxylic acids is 1. The van der Waals surface area contributed by atoms with Crippen molar-refractivity contribution in [1.29, 1.82) is 0 Å². The number of halogens is 2. The SMILES string of the molecule is CNc1snc(C)c1C(=O)Nc1nc(-c2ccc(OC(F)F)cc2)c(C)s1. The fourth-order valence-electron chi connectivity index (χ4n) is 2.48. The quantitative estimate of drug-likeness (QED) is 0.612. The molecule has 0 aliphatic heterocycles. The van der Waals surface area contributed by atoms with Crippen molar-refractivity contribution < 1.29 is 18.3 Å². The first-order valence-electron chi connectivity index (χ1n) is 7.87. The summed E-state index contributed by atoms with van der Waals surface area (Å²) in [5, 5.41) is 6.90. The van der Waals surface area contributed by atoms with Gasteiger partial charge >= 0.3 is 6.61 Å². The maximum absolute atomic E-state index is 12.6. The number of carbonyl (C=O) groups is 1. The zero-order valence-corrected chi connectivity index (χ0v) is 16.3. The van der Waals surface area contributed by atoms with Gasteiger partial charge in [0.1, 0.15) is 10.8 Å². The summed E-state index contributed by atoms with van der Waals surface area (Å²) < 4.78 is 33.0. The van der Waals surface area contributed by atoms with E-state index < -0.39 is 6.61 Å². The molecule has 1 aromatic carbocycles. The Morgan fingerprint density at radius 1 is 1.22 bits per heavy atom. The predicted molar refractivity (Wildman–Crippen MR) is 103 cm³/mol. The van der Waals surface area contributed by atoms with E-state index in [0.717, 1.165) is 10.4 Å². The van der Waals surface area contributed by atoms with Gasteiger partial charge < -0.3 is 10.1 Å². The van der Waals surface area contributed by atoms with Gasteiger partial charge in [-0.15, -0.1) is 11.3 Å². The van der Waals surface area contributed by atoms with Crippen molar-refractivity contribution >= 4 is 38.9 Å². The number of anilines is 2. The highest BCUT2D eigenvalue weighted by molar-refractivity contribution is 7.16. The Kier molecular flexibility index (Phi) is 5.66. The van der Waals surface area contributed by atoms with E-state index in [9.17, 15) is 13.6 Å². The zero-order valence-electron chi connectivity index (χ0n) is 14.7. The second-order valence-electron chi connectivity index (χ2n) is 5.50. The smallest absolute Gasteiger partial charge is 0.387 e. The second-order valence-corrected chi connectivity index (χ2v) is 7.48. The fourth-order valence-corrected chi connectivity index (χ4v) is 4.05. The lowest BCUT2D eigenvalue weighted by atomic mass is 10.1. The Hall–Kier alpha value is -2.59. The van der Waals surface area contributed by atoms with Crippen LogP contribution < -0.4 is 15.4 Å². The van der Waals surface area contributed by atoms with Gasteiger partial charge in [0.25, 0.3) is 5.91 Å². The average molecular weight is 410 g/mol. The van der Waals surface area contributed by atoms with E-state index in [1.807, 2.05) is 6.92 Å². The molecule has 0 spiro atoms. The molecule has 6 nitrogen and oxygen atoms in total. The summed E-state index contributed by atoms with van der Waals surface area (Å²) in [6, 6.07) is 6.21. The summed E-state index contributed by atoms with van der Waals surface area (Å²) in [7, 11) is 1.73. The van der Waals surface area contributed by atoms with Gasteiger partial charge in [0.05, 0.1) is 17.0 Å². The molecule has 1 amide bonds. The normalized spacial score (nSPS) is 10.9. The number of alkyl halides is 2. The first kappa shape index (κ1) is 19.2. The van der Waals surface area contributed by atoms with E-state index in [4.69, 9.17) is 0 Å². The maximum Gasteiger partial charge on any atom is 0.387 e. The minimum atomic E-state index is -2.86. The third-order valence-electron chi connectivity index (χ3n) is 3.69. The zero-order chi connectivity index (χ0) is 19.6. The van der Waals surface area contributed by atoms with E-state index in [0.29, 0.717) is 27.1 Å². The first-order chi connectivity index (χ1) is 12.9. The number of thiazole rings is 1. The number of rotatable bonds is 6. The van der Waals surface area contributed by atoms with Crippen molar-refractivity contribution in [3.05, 3.63) is 40.4 Å². The van der Waals surface area contributed by atoms with Gasteiger partial charge in [-0.25, -0.2) is 4.98 Å². The molecule has 0 fully saturated rings. The Balaban J connectivity index is 1.80. The van der Waals surface area contributed by atoms with Crippen LogP contribution in [0.15, 0.2) is 24.3 Å². The summed E-state index contributed by atoms with van der Waals surface area (Å²) in [6.07, 6.45) is 0. The number of nitrogens with zero attached hydrogens (tertiary/aromatic N) is 2. The van der Waals surface area contributed by atoms with Crippen LogP contribution >= 0.6 is 22.9 Å². The highest BCUT2D eigenvalue weighted by atomic mass is 32.1. The number of nitrogens with one attached hydrogen (secondary N) is 2. The molecule has 0 aliphatic carbocycles. The predicted octanol–water partition coefficient (Wildman–Crippen LogP) is 4.78. The number of benzene rings is 1. The van der Waals surface area contributed by atoms with E-state index in [1.165, 1.54) is 35.0 Å². The lowest BCUT2D eigenvalue weighted by Gasteiger charge is -2.05. The molecule has 0 radical (unpaired) electrons. The van der Waals surface area contributed by atoms with Gasteiger partial charge in [-0.2, -0.15) is 13.2 Å². The maximum atomic E-state index is 12.6. The van der Waals surface area contributed by atoms with Gasteiger partial charge in [-0.05, 0) is 49.6 Å². The average Bonchev–Trinajstić information content (AvgIpc) is 3.17. The molecule has 0 unspecified atom stereocenters. The standard InChI is InChI=1S/C17H16F2N4O2S2/c1-8-12(15(20-3)27-23-8)14(24)22-17-21-13(9(2)26-17)10-4-6-11(7-5-10)25-16(18)19/h4-7,16,20H,1-3H3,(H,21,22,24). The fraction of sp³-hybridized carbons (Fsp3) is 0.235. The molecular weight excluding hydrogens is 394 g/mol. The molecule has 0 aliphatic rings.